The number of aldehydes is 1. The Morgan fingerprint density at radius 2 is 2.33 bits per heavy atom. The van der Waals surface area contributed by atoms with Gasteiger partial charge in [0.05, 0.1) is 24.5 Å². The number of aromatic nitrogens is 2. The number of amides is 1. The first kappa shape index (κ1) is 12.6. The molecule has 1 fully saturated rings. The lowest BCUT2D eigenvalue weighted by molar-refractivity contribution is -0.121. The molecule has 7 heteroatoms. The number of ether oxygens (including phenoxy) is 1. The fraction of sp³-hybridized carbons (Fsp3) is 0.545. The fourth-order valence-corrected chi connectivity index (χ4v) is 2.23. The van der Waals surface area contributed by atoms with Gasteiger partial charge in [-0.15, -0.1) is 0 Å². The predicted molar refractivity (Wildman–Crippen MR) is 64.5 cm³/mol. The number of rotatable bonds is 3. The summed E-state index contributed by atoms with van der Waals surface area (Å²) in [5.74, 6) is 0.153. The van der Waals surface area contributed by atoms with Crippen molar-refractivity contribution in [2.45, 2.75) is 13.0 Å². The third-order valence-corrected chi connectivity index (χ3v) is 3.08. The first-order chi connectivity index (χ1) is 8.56. The molecule has 1 aliphatic heterocycles. The Kier molecular flexibility index (Phi) is 3.33. The average molecular weight is 252 g/mol. The predicted octanol–water partition coefficient (Wildman–Crippen LogP) is -0.768. The maximum absolute atomic E-state index is 11.4. The van der Waals surface area contributed by atoms with E-state index in [4.69, 9.17) is 10.5 Å². The summed E-state index contributed by atoms with van der Waals surface area (Å²) in [7, 11) is 1.74. The van der Waals surface area contributed by atoms with E-state index in [9.17, 15) is 9.59 Å². The number of carbonyl (C=O) groups excluding carboxylic acids is 2. The Morgan fingerprint density at radius 3 is 2.94 bits per heavy atom. The monoisotopic (exact) mass is 252 g/mol. The van der Waals surface area contributed by atoms with Crippen LogP contribution in [0.4, 0.5) is 5.82 Å². The molecule has 1 aromatic rings. The number of aryl methyl sites for hydroxylation is 2. The summed E-state index contributed by atoms with van der Waals surface area (Å²) in [6.45, 7) is 2.99. The fourth-order valence-electron chi connectivity index (χ4n) is 2.23. The minimum atomic E-state index is -0.563. The van der Waals surface area contributed by atoms with E-state index in [2.05, 4.69) is 5.10 Å². The minimum absolute atomic E-state index is 0.234. The molecule has 7 nitrogen and oxygen atoms in total. The molecule has 0 spiro atoms. The van der Waals surface area contributed by atoms with E-state index in [1.54, 1.807) is 23.6 Å². The van der Waals surface area contributed by atoms with Crippen molar-refractivity contribution in [2.75, 3.05) is 24.7 Å². The van der Waals surface area contributed by atoms with Crippen LogP contribution in [-0.2, 0) is 16.6 Å². The van der Waals surface area contributed by atoms with Crippen LogP contribution in [-0.4, -0.2) is 47.8 Å². The van der Waals surface area contributed by atoms with Crippen molar-refractivity contribution in [2.24, 2.45) is 12.8 Å². The lowest BCUT2D eigenvalue weighted by Gasteiger charge is -2.35. The summed E-state index contributed by atoms with van der Waals surface area (Å²) in [4.78, 5) is 24.4. The van der Waals surface area contributed by atoms with Crippen molar-refractivity contribution >= 4 is 18.0 Å². The standard InChI is InChI=1S/C11H16N4O3/c1-7-8(5-16)11(14(2)13-7)15-3-4-18-6-9(15)10(12)17/h5,9H,3-4,6H2,1-2H3,(H2,12,17). The molecule has 1 aromatic heterocycles. The molecule has 2 heterocycles. The van der Waals surface area contributed by atoms with Crippen molar-refractivity contribution in [1.82, 2.24) is 9.78 Å². The number of morpholine rings is 1. The number of nitrogens with zero attached hydrogens (tertiary/aromatic N) is 3. The minimum Gasteiger partial charge on any atom is -0.377 e. The molecule has 1 saturated heterocycles. The van der Waals surface area contributed by atoms with Crippen LogP contribution in [0.1, 0.15) is 16.1 Å². The van der Waals surface area contributed by atoms with Gasteiger partial charge in [0.15, 0.2) is 6.29 Å². The van der Waals surface area contributed by atoms with Crippen molar-refractivity contribution in [3.63, 3.8) is 0 Å². The highest BCUT2D eigenvalue weighted by molar-refractivity contribution is 5.89. The second-order valence-electron chi connectivity index (χ2n) is 4.25. The van der Waals surface area contributed by atoms with Crippen LogP contribution < -0.4 is 10.6 Å². The SMILES string of the molecule is Cc1nn(C)c(N2CCOCC2C(N)=O)c1C=O. The van der Waals surface area contributed by atoms with Gasteiger partial charge in [-0.3, -0.25) is 14.3 Å². The number of carbonyl (C=O) groups is 2. The molecule has 98 valence electrons. The molecule has 2 N–H and O–H groups in total. The maximum atomic E-state index is 11.4. The van der Waals surface area contributed by atoms with Crippen LogP contribution in [0, 0.1) is 6.92 Å². The van der Waals surface area contributed by atoms with E-state index < -0.39 is 11.9 Å². The Morgan fingerprint density at radius 1 is 1.61 bits per heavy atom. The van der Waals surface area contributed by atoms with Gasteiger partial charge >= 0.3 is 0 Å². The lowest BCUT2D eigenvalue weighted by Crippen LogP contribution is -2.53. The van der Waals surface area contributed by atoms with E-state index >= 15 is 0 Å². The molecule has 18 heavy (non-hydrogen) atoms. The zero-order valence-corrected chi connectivity index (χ0v) is 10.4. The van der Waals surface area contributed by atoms with Crippen LogP contribution in [0.25, 0.3) is 0 Å². The number of nitrogens with two attached hydrogens (primary N) is 1. The Bertz CT molecular complexity index is 483. The molecule has 0 bridgehead atoms. The average Bonchev–Trinajstić information content (AvgIpc) is 2.63. The smallest absolute Gasteiger partial charge is 0.242 e. The summed E-state index contributed by atoms with van der Waals surface area (Å²) in [6.07, 6.45) is 0.755. The van der Waals surface area contributed by atoms with Gasteiger partial charge < -0.3 is 15.4 Å². The molecular formula is C11H16N4O3. The van der Waals surface area contributed by atoms with Crippen molar-refractivity contribution in [3.8, 4) is 0 Å². The normalized spacial score (nSPS) is 19.9. The van der Waals surface area contributed by atoms with Gasteiger partial charge in [0.25, 0.3) is 0 Å². The Balaban J connectivity index is 2.45. The van der Waals surface area contributed by atoms with Gasteiger partial charge in [0.1, 0.15) is 11.9 Å². The molecule has 0 saturated carbocycles. The van der Waals surface area contributed by atoms with Crippen LogP contribution in [0.15, 0.2) is 0 Å². The Labute approximate surface area is 104 Å². The van der Waals surface area contributed by atoms with Gasteiger partial charge in [0.2, 0.25) is 5.91 Å². The Hall–Kier alpha value is -1.89. The van der Waals surface area contributed by atoms with E-state index in [1.165, 1.54) is 0 Å². The molecule has 0 aromatic carbocycles. The first-order valence-electron chi connectivity index (χ1n) is 5.68. The van der Waals surface area contributed by atoms with E-state index in [1.807, 2.05) is 0 Å². The summed E-state index contributed by atoms with van der Waals surface area (Å²) >= 11 is 0. The third-order valence-electron chi connectivity index (χ3n) is 3.08. The highest BCUT2D eigenvalue weighted by Crippen LogP contribution is 2.24. The molecule has 0 aliphatic carbocycles. The number of anilines is 1. The molecule has 1 aliphatic rings. The van der Waals surface area contributed by atoms with Gasteiger partial charge in [-0.05, 0) is 6.92 Å². The molecule has 2 rings (SSSR count). The molecular weight excluding hydrogens is 236 g/mol. The van der Waals surface area contributed by atoms with Gasteiger partial charge in [-0.1, -0.05) is 0 Å². The summed E-state index contributed by atoms with van der Waals surface area (Å²) in [5, 5.41) is 4.20. The van der Waals surface area contributed by atoms with Crippen molar-refractivity contribution in [3.05, 3.63) is 11.3 Å². The maximum Gasteiger partial charge on any atom is 0.242 e. The van der Waals surface area contributed by atoms with E-state index in [0.717, 1.165) is 6.29 Å². The zero-order valence-electron chi connectivity index (χ0n) is 10.4. The summed E-state index contributed by atoms with van der Waals surface area (Å²) < 4.78 is 6.85. The summed E-state index contributed by atoms with van der Waals surface area (Å²) in [6, 6.07) is -0.563. The van der Waals surface area contributed by atoms with Gasteiger partial charge in [-0.25, -0.2) is 0 Å². The lowest BCUT2D eigenvalue weighted by atomic mass is 10.1. The number of primary amides is 1. The summed E-state index contributed by atoms with van der Waals surface area (Å²) in [5.41, 5.74) is 6.49. The highest BCUT2D eigenvalue weighted by atomic mass is 16.5. The second kappa shape index (κ2) is 4.77. The van der Waals surface area contributed by atoms with Crippen molar-refractivity contribution < 1.29 is 14.3 Å². The molecule has 0 radical (unpaired) electrons. The van der Waals surface area contributed by atoms with Crippen molar-refractivity contribution in [1.29, 1.82) is 0 Å². The van der Waals surface area contributed by atoms with Crippen LogP contribution >= 0.6 is 0 Å². The van der Waals surface area contributed by atoms with Crippen LogP contribution in [0.2, 0.25) is 0 Å². The first-order valence-corrected chi connectivity index (χ1v) is 5.68. The van der Waals surface area contributed by atoms with E-state index in [-0.39, 0.29) is 6.61 Å². The molecule has 1 unspecified atom stereocenters. The quantitative estimate of drug-likeness (QED) is 0.713. The topological polar surface area (TPSA) is 90.4 Å². The van der Waals surface area contributed by atoms with Crippen LogP contribution in [0.5, 0.6) is 0 Å². The second-order valence-corrected chi connectivity index (χ2v) is 4.25. The van der Waals surface area contributed by atoms with Gasteiger partial charge in [-0.2, -0.15) is 5.10 Å². The molecule has 1 atom stereocenters. The van der Waals surface area contributed by atoms with E-state index in [0.29, 0.717) is 30.2 Å². The number of hydrogen-bond acceptors (Lipinski definition) is 5. The van der Waals surface area contributed by atoms with Crippen LogP contribution in [0.3, 0.4) is 0 Å². The zero-order chi connectivity index (χ0) is 13.3. The number of hydrogen-bond donors (Lipinski definition) is 1. The third kappa shape index (κ3) is 1.97. The van der Waals surface area contributed by atoms with Gasteiger partial charge in [0, 0.05) is 13.6 Å². The largest absolute Gasteiger partial charge is 0.377 e. The molecule has 1 amide bonds. The highest BCUT2D eigenvalue weighted by Gasteiger charge is 2.32.